The smallest absolute Gasteiger partial charge is 0.164 e. The average Bonchev–Trinajstić information content (AvgIpc) is 3.83. The van der Waals surface area contributed by atoms with Gasteiger partial charge in [-0.2, -0.15) is 0 Å². The predicted octanol–water partition coefficient (Wildman–Crippen LogP) is 13.5. The van der Waals surface area contributed by atoms with Crippen LogP contribution in [0.4, 0.5) is 0 Å². The van der Waals surface area contributed by atoms with Crippen LogP contribution in [0.1, 0.15) is 0 Å². The molecule has 0 radical (unpaired) electrons. The summed E-state index contributed by atoms with van der Waals surface area (Å²) in [6.45, 7) is 0. The van der Waals surface area contributed by atoms with Gasteiger partial charge in [0, 0.05) is 63.3 Å². The lowest BCUT2D eigenvalue weighted by atomic mass is 10.0. The number of rotatable bonds is 5. The highest BCUT2D eigenvalue weighted by Gasteiger charge is 2.19. The fourth-order valence-corrected chi connectivity index (χ4v) is 9.99. The van der Waals surface area contributed by atoms with Crippen molar-refractivity contribution in [2.24, 2.45) is 0 Å². The van der Waals surface area contributed by atoms with Crippen LogP contribution in [-0.2, 0) is 0 Å². The highest BCUT2D eigenvalue weighted by molar-refractivity contribution is 7.26. The van der Waals surface area contributed by atoms with E-state index in [0.717, 1.165) is 38.9 Å². The number of benzene rings is 7. The molecule has 0 saturated carbocycles. The van der Waals surface area contributed by atoms with Gasteiger partial charge in [-0.3, -0.25) is 0 Å². The molecule has 4 nitrogen and oxygen atoms in total. The Morgan fingerprint density at radius 1 is 0.333 bits per heavy atom. The molecule has 54 heavy (non-hydrogen) atoms. The maximum absolute atomic E-state index is 5.17. The molecule has 0 N–H and O–H groups in total. The Hall–Kier alpha value is -6.60. The maximum atomic E-state index is 5.17. The van der Waals surface area contributed by atoms with E-state index in [-0.39, 0.29) is 0 Å². The molecule has 0 unspecified atom stereocenters. The summed E-state index contributed by atoms with van der Waals surface area (Å²) in [5.41, 5.74) is 8.33. The number of pyridine rings is 1. The molecular formula is C48H28N4S2. The molecule has 4 aromatic heterocycles. The molecular weight excluding hydrogens is 697 g/mol. The van der Waals surface area contributed by atoms with Gasteiger partial charge in [-0.05, 0) is 41.5 Å². The van der Waals surface area contributed by atoms with Gasteiger partial charge in [0.05, 0.1) is 15.9 Å². The van der Waals surface area contributed by atoms with Crippen LogP contribution < -0.4 is 0 Å². The van der Waals surface area contributed by atoms with Gasteiger partial charge < -0.3 is 0 Å². The van der Waals surface area contributed by atoms with Crippen LogP contribution in [0.5, 0.6) is 0 Å². The molecule has 0 aliphatic heterocycles. The van der Waals surface area contributed by atoms with Crippen molar-refractivity contribution in [2.75, 3.05) is 0 Å². The molecule has 4 heterocycles. The first-order valence-corrected chi connectivity index (χ1v) is 19.5. The zero-order chi connectivity index (χ0) is 35.6. The summed E-state index contributed by atoms with van der Waals surface area (Å²) in [7, 11) is 0. The largest absolute Gasteiger partial charge is 0.246 e. The molecule has 252 valence electrons. The molecule has 0 aliphatic carbocycles. The zero-order valence-corrected chi connectivity index (χ0v) is 30.4. The number of fused-ring (bicyclic) bond motifs is 8. The maximum Gasteiger partial charge on any atom is 0.164 e. The predicted molar refractivity (Wildman–Crippen MR) is 228 cm³/mol. The summed E-state index contributed by atoms with van der Waals surface area (Å²) in [6.07, 6.45) is 0. The lowest BCUT2D eigenvalue weighted by Gasteiger charge is -2.10. The van der Waals surface area contributed by atoms with Crippen molar-refractivity contribution >= 4 is 73.9 Å². The Morgan fingerprint density at radius 3 is 1.67 bits per heavy atom. The van der Waals surface area contributed by atoms with Gasteiger partial charge in [-0.1, -0.05) is 140 Å². The van der Waals surface area contributed by atoms with Crippen molar-refractivity contribution < 1.29 is 0 Å². The van der Waals surface area contributed by atoms with Crippen molar-refractivity contribution in [3.05, 3.63) is 170 Å². The van der Waals surface area contributed by atoms with Crippen LogP contribution in [0, 0.1) is 0 Å². The molecule has 0 amide bonds. The molecule has 0 bridgehead atoms. The van der Waals surface area contributed by atoms with Crippen LogP contribution in [0.3, 0.4) is 0 Å². The van der Waals surface area contributed by atoms with Gasteiger partial charge in [0.1, 0.15) is 0 Å². The summed E-state index contributed by atoms with van der Waals surface area (Å²) in [5, 5.41) is 6.12. The Bertz CT molecular complexity index is 3200. The summed E-state index contributed by atoms with van der Waals surface area (Å²) in [5.74, 6) is 1.92. The zero-order valence-electron chi connectivity index (χ0n) is 28.8. The molecule has 0 fully saturated rings. The summed E-state index contributed by atoms with van der Waals surface area (Å²) < 4.78 is 4.99. The second kappa shape index (κ2) is 12.5. The lowest BCUT2D eigenvalue weighted by molar-refractivity contribution is 1.07. The molecule has 0 spiro atoms. The monoisotopic (exact) mass is 724 g/mol. The molecule has 7 aromatic carbocycles. The third-order valence-corrected chi connectivity index (χ3v) is 12.5. The second-order valence-corrected chi connectivity index (χ2v) is 15.5. The first-order chi connectivity index (χ1) is 26.7. The SMILES string of the molecule is c1ccc(-c2nc(-c3ccc(-c4cccc5c4sc4ccccc45)cc3)nc(-c3ccc4sc5c(-c6ccccc6)nc6ccccc6c5c4c3)n2)cc1. The van der Waals surface area contributed by atoms with E-state index in [9.17, 15) is 0 Å². The van der Waals surface area contributed by atoms with Crippen molar-refractivity contribution in [3.63, 3.8) is 0 Å². The second-order valence-electron chi connectivity index (χ2n) is 13.4. The molecule has 0 saturated heterocycles. The Labute approximate surface area is 318 Å². The standard InChI is InChI=1S/C48H28N4S2/c1-3-12-30(13-4-1)43-45-42(37-17-7-9-20-39(37)49-43)38-28-33(26-27-41(38)54-45)48-51-46(31-14-5-2-6-15-31)50-47(52-48)32-24-22-29(23-25-32)34-18-11-19-36-35-16-8-10-21-40(35)53-44(34)36/h1-28H. The quantitative estimate of drug-likeness (QED) is 0.177. The van der Waals surface area contributed by atoms with E-state index in [1.807, 2.05) is 35.6 Å². The Morgan fingerprint density at radius 2 is 0.889 bits per heavy atom. The summed E-state index contributed by atoms with van der Waals surface area (Å²) in [6, 6.07) is 59.6. The van der Waals surface area contributed by atoms with Crippen molar-refractivity contribution in [3.8, 4) is 56.5 Å². The van der Waals surface area contributed by atoms with Gasteiger partial charge in [-0.15, -0.1) is 22.7 Å². The van der Waals surface area contributed by atoms with Crippen molar-refractivity contribution in [2.45, 2.75) is 0 Å². The minimum Gasteiger partial charge on any atom is -0.246 e. The number of hydrogen-bond donors (Lipinski definition) is 0. The number of para-hydroxylation sites is 1. The van der Waals surface area contributed by atoms with E-state index in [1.165, 1.54) is 51.5 Å². The number of nitrogens with zero attached hydrogens (tertiary/aromatic N) is 4. The van der Waals surface area contributed by atoms with Crippen LogP contribution in [0.2, 0.25) is 0 Å². The normalized spacial score (nSPS) is 11.7. The fraction of sp³-hybridized carbons (Fsp3) is 0. The number of aromatic nitrogens is 4. The third kappa shape index (κ3) is 5.11. The van der Waals surface area contributed by atoms with Gasteiger partial charge in [0.25, 0.3) is 0 Å². The van der Waals surface area contributed by atoms with E-state index in [4.69, 9.17) is 19.9 Å². The van der Waals surface area contributed by atoms with E-state index < -0.39 is 0 Å². The lowest BCUT2D eigenvalue weighted by Crippen LogP contribution is -2.00. The first kappa shape index (κ1) is 31.0. The topological polar surface area (TPSA) is 51.6 Å². The minimum absolute atomic E-state index is 0.640. The van der Waals surface area contributed by atoms with E-state index >= 15 is 0 Å². The van der Waals surface area contributed by atoms with Gasteiger partial charge in [-0.25, -0.2) is 19.9 Å². The molecule has 6 heteroatoms. The van der Waals surface area contributed by atoms with Crippen LogP contribution >= 0.6 is 22.7 Å². The van der Waals surface area contributed by atoms with Crippen LogP contribution in [0.25, 0.3) is 108 Å². The minimum atomic E-state index is 0.640. The third-order valence-electron chi connectivity index (χ3n) is 10.1. The van der Waals surface area contributed by atoms with Crippen molar-refractivity contribution in [1.29, 1.82) is 0 Å². The summed E-state index contributed by atoms with van der Waals surface area (Å²) in [4.78, 5) is 20.4. The molecule has 11 aromatic rings. The number of hydrogen-bond acceptors (Lipinski definition) is 6. The Balaban J connectivity index is 1.07. The fourth-order valence-electron chi connectivity index (χ4n) is 7.54. The molecule has 11 rings (SSSR count). The summed E-state index contributed by atoms with van der Waals surface area (Å²) >= 11 is 3.64. The molecule has 0 aliphatic rings. The van der Waals surface area contributed by atoms with Gasteiger partial charge >= 0.3 is 0 Å². The van der Waals surface area contributed by atoms with E-state index in [1.54, 1.807) is 11.3 Å². The van der Waals surface area contributed by atoms with Crippen molar-refractivity contribution in [1.82, 2.24) is 19.9 Å². The average molecular weight is 725 g/mol. The van der Waals surface area contributed by atoms with E-state index in [2.05, 4.69) is 146 Å². The van der Waals surface area contributed by atoms with Gasteiger partial charge in [0.2, 0.25) is 0 Å². The van der Waals surface area contributed by atoms with Crippen LogP contribution in [-0.4, -0.2) is 19.9 Å². The molecule has 0 atom stereocenters. The highest BCUT2D eigenvalue weighted by atomic mass is 32.1. The van der Waals surface area contributed by atoms with Crippen LogP contribution in [0.15, 0.2) is 170 Å². The van der Waals surface area contributed by atoms with E-state index in [0.29, 0.717) is 17.5 Å². The first-order valence-electron chi connectivity index (χ1n) is 17.9. The highest BCUT2D eigenvalue weighted by Crippen LogP contribution is 2.44. The Kier molecular flexibility index (Phi) is 7.18. The van der Waals surface area contributed by atoms with Gasteiger partial charge in [0.15, 0.2) is 17.5 Å². The number of thiophene rings is 2.